The van der Waals surface area contributed by atoms with Crippen LogP contribution in [0.15, 0.2) is 23.1 Å². The average molecular weight is 362 g/mol. The number of nitriles is 1. The van der Waals surface area contributed by atoms with Crippen molar-refractivity contribution in [2.45, 2.75) is 30.6 Å². The van der Waals surface area contributed by atoms with Crippen molar-refractivity contribution in [1.29, 1.82) is 5.26 Å². The lowest BCUT2D eigenvalue weighted by molar-refractivity contribution is -0.125. The molecule has 1 amide bonds. The quantitative estimate of drug-likeness (QED) is 0.809. The number of anilines is 1. The fourth-order valence-corrected chi connectivity index (χ4v) is 3.72. The van der Waals surface area contributed by atoms with Crippen molar-refractivity contribution in [3.05, 3.63) is 23.8 Å². The molecule has 8 heteroatoms. The molecule has 2 aliphatic rings. The van der Waals surface area contributed by atoms with Crippen LogP contribution in [0.1, 0.15) is 31.2 Å². The van der Waals surface area contributed by atoms with Gasteiger partial charge in [0.15, 0.2) is 0 Å². The molecule has 2 fully saturated rings. The van der Waals surface area contributed by atoms with Crippen LogP contribution in [0.25, 0.3) is 0 Å². The number of hydrogen-bond donors (Lipinski definition) is 2. The summed E-state index contributed by atoms with van der Waals surface area (Å²) < 4.78 is 22.9. The maximum atomic E-state index is 12.3. The molecular weight excluding hydrogens is 340 g/mol. The maximum absolute atomic E-state index is 12.3. The van der Waals surface area contributed by atoms with E-state index in [1.54, 1.807) is 6.07 Å². The molecule has 1 saturated heterocycles. The van der Waals surface area contributed by atoms with Crippen LogP contribution in [0.4, 0.5) is 5.69 Å². The number of carbonyl (C=O) groups is 1. The second-order valence-corrected chi connectivity index (χ2v) is 8.37. The molecule has 0 bridgehead atoms. The Balaban J connectivity index is 1.74. The Morgan fingerprint density at radius 3 is 2.76 bits per heavy atom. The molecule has 3 rings (SSSR count). The highest BCUT2D eigenvalue weighted by Crippen LogP contribution is 2.29. The highest BCUT2D eigenvalue weighted by Gasteiger charge is 2.29. The molecule has 1 heterocycles. The molecule has 25 heavy (non-hydrogen) atoms. The smallest absolute Gasteiger partial charge is 0.238 e. The molecule has 0 spiro atoms. The zero-order chi connectivity index (χ0) is 18.0. The fraction of sp³-hybridized carbons (Fsp3) is 0.529. The van der Waals surface area contributed by atoms with Gasteiger partial charge in [0.1, 0.15) is 6.07 Å². The van der Waals surface area contributed by atoms with E-state index in [0.717, 1.165) is 25.9 Å². The monoisotopic (exact) mass is 362 g/mol. The van der Waals surface area contributed by atoms with E-state index >= 15 is 0 Å². The number of nitrogens with one attached hydrogen (secondary N) is 1. The third kappa shape index (κ3) is 4.30. The van der Waals surface area contributed by atoms with E-state index in [-0.39, 0.29) is 22.3 Å². The minimum absolute atomic E-state index is 0.0660. The van der Waals surface area contributed by atoms with Crippen LogP contribution in [-0.4, -0.2) is 34.0 Å². The van der Waals surface area contributed by atoms with E-state index in [1.165, 1.54) is 25.0 Å². The summed E-state index contributed by atoms with van der Waals surface area (Å²) >= 11 is 0. The number of nitrogens with two attached hydrogens (primary N) is 1. The zero-order valence-corrected chi connectivity index (χ0v) is 14.8. The van der Waals surface area contributed by atoms with Gasteiger partial charge in [-0.15, -0.1) is 0 Å². The molecule has 0 aromatic heterocycles. The zero-order valence-electron chi connectivity index (χ0n) is 13.9. The first kappa shape index (κ1) is 17.7. The van der Waals surface area contributed by atoms with E-state index in [2.05, 4.69) is 5.32 Å². The summed E-state index contributed by atoms with van der Waals surface area (Å²) in [6.45, 7) is 2.01. The number of amides is 1. The number of hydrogen-bond acceptors (Lipinski definition) is 5. The fourth-order valence-electron chi connectivity index (χ4n) is 3.18. The normalized spacial score (nSPS) is 20.8. The van der Waals surface area contributed by atoms with Crippen LogP contribution in [0, 0.1) is 23.2 Å². The third-order valence-electron chi connectivity index (χ3n) is 4.81. The number of benzene rings is 1. The second-order valence-electron chi connectivity index (χ2n) is 6.81. The summed E-state index contributed by atoms with van der Waals surface area (Å²) in [5, 5.41) is 17.5. The number of piperidine rings is 1. The Morgan fingerprint density at radius 1 is 1.36 bits per heavy atom. The van der Waals surface area contributed by atoms with E-state index in [0.29, 0.717) is 18.2 Å². The van der Waals surface area contributed by atoms with Crippen molar-refractivity contribution < 1.29 is 13.2 Å². The first-order valence-electron chi connectivity index (χ1n) is 8.48. The van der Waals surface area contributed by atoms with Gasteiger partial charge < -0.3 is 10.2 Å². The van der Waals surface area contributed by atoms with Gasteiger partial charge in [0.05, 0.1) is 22.1 Å². The lowest BCUT2D eigenvalue weighted by Gasteiger charge is -2.34. The molecule has 1 aliphatic heterocycles. The molecular formula is C17H22N4O3S. The topological polar surface area (TPSA) is 116 Å². The number of primary sulfonamides is 1. The van der Waals surface area contributed by atoms with E-state index < -0.39 is 10.0 Å². The van der Waals surface area contributed by atoms with Crippen molar-refractivity contribution in [1.82, 2.24) is 5.32 Å². The summed E-state index contributed by atoms with van der Waals surface area (Å²) in [6, 6.07) is 6.33. The predicted molar refractivity (Wildman–Crippen MR) is 93.2 cm³/mol. The molecule has 1 aromatic rings. The number of sulfonamides is 1. The molecule has 0 radical (unpaired) electrons. The summed E-state index contributed by atoms with van der Waals surface area (Å²) in [6.07, 6.45) is 4.06. The van der Waals surface area contributed by atoms with Gasteiger partial charge in [-0.2, -0.15) is 5.26 Å². The Labute approximate surface area is 147 Å². The van der Waals surface area contributed by atoms with Crippen molar-refractivity contribution in [2.24, 2.45) is 17.0 Å². The molecule has 1 aliphatic carbocycles. The Kier molecular flexibility index (Phi) is 4.97. The molecule has 1 saturated carbocycles. The Hall–Kier alpha value is -2.11. The van der Waals surface area contributed by atoms with Gasteiger partial charge >= 0.3 is 0 Å². The van der Waals surface area contributed by atoms with Crippen LogP contribution in [0.3, 0.4) is 0 Å². The van der Waals surface area contributed by atoms with Gasteiger partial charge in [-0.25, -0.2) is 13.6 Å². The minimum atomic E-state index is -3.85. The van der Waals surface area contributed by atoms with Gasteiger partial charge in [-0.05, 0) is 49.8 Å². The molecule has 1 aromatic carbocycles. The lowest BCUT2D eigenvalue weighted by Crippen LogP contribution is -2.43. The van der Waals surface area contributed by atoms with Crippen molar-refractivity contribution in [3.8, 4) is 6.07 Å². The summed E-state index contributed by atoms with van der Waals surface area (Å²) in [4.78, 5) is 14.3. The van der Waals surface area contributed by atoms with Crippen molar-refractivity contribution >= 4 is 21.6 Å². The van der Waals surface area contributed by atoms with Crippen LogP contribution in [0.2, 0.25) is 0 Å². The standard InChI is InChI=1S/C17H22N4O3S/c18-9-14-8-15(25(19,23)24)5-6-16(14)21-7-1-2-13(11-21)17(22)20-10-12-3-4-12/h5-6,8,12-13H,1-4,7,10-11H2,(H,20,22)(H2,19,23,24). The van der Waals surface area contributed by atoms with Crippen LogP contribution in [-0.2, 0) is 14.8 Å². The van der Waals surface area contributed by atoms with Gasteiger partial charge in [0.25, 0.3) is 0 Å². The SMILES string of the molecule is N#Cc1cc(S(N)(=O)=O)ccc1N1CCCC(C(=O)NCC2CC2)C1. The van der Waals surface area contributed by atoms with Gasteiger partial charge in [0, 0.05) is 19.6 Å². The first-order valence-corrected chi connectivity index (χ1v) is 10.0. The van der Waals surface area contributed by atoms with Crippen LogP contribution in [0.5, 0.6) is 0 Å². The average Bonchev–Trinajstić information content (AvgIpc) is 3.42. The highest BCUT2D eigenvalue weighted by molar-refractivity contribution is 7.89. The first-order chi connectivity index (χ1) is 11.9. The van der Waals surface area contributed by atoms with Crippen LogP contribution >= 0.6 is 0 Å². The summed E-state index contributed by atoms with van der Waals surface area (Å²) in [5.41, 5.74) is 0.903. The third-order valence-corrected chi connectivity index (χ3v) is 5.72. The molecule has 1 unspecified atom stereocenters. The largest absolute Gasteiger partial charge is 0.370 e. The van der Waals surface area contributed by atoms with Gasteiger partial charge in [-0.3, -0.25) is 4.79 Å². The Morgan fingerprint density at radius 2 is 2.12 bits per heavy atom. The molecule has 7 nitrogen and oxygen atoms in total. The van der Waals surface area contributed by atoms with Crippen molar-refractivity contribution in [3.63, 3.8) is 0 Å². The molecule has 3 N–H and O–H groups in total. The molecule has 134 valence electrons. The van der Waals surface area contributed by atoms with E-state index in [9.17, 15) is 18.5 Å². The number of nitrogens with zero attached hydrogens (tertiary/aromatic N) is 2. The highest BCUT2D eigenvalue weighted by atomic mass is 32.2. The lowest BCUT2D eigenvalue weighted by atomic mass is 9.96. The number of rotatable bonds is 5. The van der Waals surface area contributed by atoms with Crippen LogP contribution < -0.4 is 15.4 Å². The summed E-state index contributed by atoms with van der Waals surface area (Å²) in [7, 11) is -3.85. The Bertz CT molecular complexity index is 812. The molecule has 1 atom stereocenters. The maximum Gasteiger partial charge on any atom is 0.238 e. The van der Waals surface area contributed by atoms with Gasteiger partial charge in [0.2, 0.25) is 15.9 Å². The summed E-state index contributed by atoms with van der Waals surface area (Å²) in [5.74, 6) is 0.591. The van der Waals surface area contributed by atoms with Crippen molar-refractivity contribution in [2.75, 3.05) is 24.5 Å². The van der Waals surface area contributed by atoms with E-state index in [1.807, 2.05) is 11.0 Å². The second kappa shape index (κ2) is 7.02. The van der Waals surface area contributed by atoms with Gasteiger partial charge in [-0.1, -0.05) is 0 Å². The van der Waals surface area contributed by atoms with E-state index in [4.69, 9.17) is 5.14 Å². The predicted octanol–water partition coefficient (Wildman–Crippen LogP) is 0.948. The minimum Gasteiger partial charge on any atom is -0.370 e. The number of carbonyl (C=O) groups excluding carboxylic acids is 1.